The fourth-order valence-corrected chi connectivity index (χ4v) is 5.22. The van der Waals surface area contributed by atoms with Crippen molar-refractivity contribution in [3.05, 3.63) is 83.3 Å². The Labute approximate surface area is 237 Å². The molecule has 10 heteroatoms. The average Bonchev–Trinajstić information content (AvgIpc) is 2.86. The van der Waals surface area contributed by atoms with Crippen LogP contribution in [-0.4, -0.2) is 65.4 Å². The number of nitrogens with zero attached hydrogens (tertiary/aromatic N) is 1. The van der Waals surface area contributed by atoms with Crippen LogP contribution in [-0.2, 0) is 37.0 Å². The number of alkyl carbamates (subject to hydrolysis) is 1. The van der Waals surface area contributed by atoms with E-state index >= 15 is 0 Å². The molecule has 0 aromatic heterocycles. The second-order valence-electron chi connectivity index (χ2n) is 11.5. The Kier molecular flexibility index (Phi) is 10.7. The van der Waals surface area contributed by atoms with E-state index in [4.69, 9.17) is 4.74 Å². The number of ether oxygens (including phenoxy) is 1. The first kappa shape index (κ1) is 32.6. The van der Waals surface area contributed by atoms with Gasteiger partial charge in [0.05, 0.1) is 9.65 Å². The molecular formula is C30H40N2O7S. The molecule has 40 heavy (non-hydrogen) atoms. The first-order valence-corrected chi connectivity index (χ1v) is 14.4. The Bertz CT molecular complexity index is 1300. The SMILES string of the molecule is C=C(COC(=O)N[C@@H](Cc1ccccc1)C(=O)N([C@@H](Cc1ccccc1)C(=O)O)C(C)(C)C)S(=O)(=O)C(C)(C)C. The van der Waals surface area contributed by atoms with Crippen molar-refractivity contribution in [3.8, 4) is 0 Å². The number of carboxylic acids is 1. The van der Waals surface area contributed by atoms with Gasteiger partial charge in [0.1, 0.15) is 18.7 Å². The van der Waals surface area contributed by atoms with E-state index in [9.17, 15) is 27.9 Å². The van der Waals surface area contributed by atoms with Crippen LogP contribution < -0.4 is 5.32 Å². The van der Waals surface area contributed by atoms with Gasteiger partial charge >= 0.3 is 12.1 Å². The van der Waals surface area contributed by atoms with Gasteiger partial charge in [-0.1, -0.05) is 67.2 Å². The number of hydrogen-bond acceptors (Lipinski definition) is 6. The molecule has 2 atom stereocenters. The van der Waals surface area contributed by atoms with E-state index in [1.165, 1.54) is 25.7 Å². The average molecular weight is 573 g/mol. The number of rotatable bonds is 11. The summed E-state index contributed by atoms with van der Waals surface area (Å²) in [6.45, 7) is 12.7. The lowest BCUT2D eigenvalue weighted by Crippen LogP contribution is -2.61. The molecule has 2 N–H and O–H groups in total. The zero-order valence-corrected chi connectivity index (χ0v) is 24.8. The summed E-state index contributed by atoms with van der Waals surface area (Å²) in [7, 11) is -3.79. The van der Waals surface area contributed by atoms with Crippen LogP contribution in [0, 0.1) is 0 Å². The van der Waals surface area contributed by atoms with Crippen LogP contribution in [0.3, 0.4) is 0 Å². The van der Waals surface area contributed by atoms with Gasteiger partial charge in [0, 0.05) is 18.4 Å². The number of sulfone groups is 1. The molecule has 2 aromatic carbocycles. The predicted molar refractivity (Wildman–Crippen MR) is 154 cm³/mol. The molecule has 9 nitrogen and oxygen atoms in total. The molecule has 0 aliphatic heterocycles. The van der Waals surface area contributed by atoms with E-state index in [-0.39, 0.29) is 17.7 Å². The fraction of sp³-hybridized carbons (Fsp3) is 0.433. The van der Waals surface area contributed by atoms with Gasteiger partial charge in [-0.15, -0.1) is 0 Å². The third kappa shape index (κ3) is 8.67. The van der Waals surface area contributed by atoms with Gasteiger partial charge in [-0.3, -0.25) is 4.79 Å². The van der Waals surface area contributed by atoms with E-state index < -0.39 is 56.8 Å². The Morgan fingerprint density at radius 1 is 0.900 bits per heavy atom. The zero-order chi connectivity index (χ0) is 30.3. The summed E-state index contributed by atoms with van der Waals surface area (Å²) in [6.07, 6.45) is -0.907. The maximum atomic E-state index is 14.1. The summed E-state index contributed by atoms with van der Waals surface area (Å²) in [6, 6.07) is 15.5. The molecule has 218 valence electrons. The summed E-state index contributed by atoms with van der Waals surface area (Å²) in [5.74, 6) is -1.80. The Morgan fingerprint density at radius 2 is 1.38 bits per heavy atom. The van der Waals surface area contributed by atoms with E-state index in [0.717, 1.165) is 11.1 Å². The molecule has 0 saturated carbocycles. The van der Waals surface area contributed by atoms with Crippen LogP contribution in [0.5, 0.6) is 0 Å². The van der Waals surface area contributed by atoms with Gasteiger partial charge in [0.2, 0.25) is 5.91 Å². The molecule has 0 heterocycles. The Hall–Kier alpha value is -3.66. The lowest BCUT2D eigenvalue weighted by molar-refractivity contribution is -0.156. The molecular weight excluding hydrogens is 532 g/mol. The lowest BCUT2D eigenvalue weighted by atomic mass is 9.95. The third-order valence-corrected chi connectivity index (χ3v) is 8.74. The second kappa shape index (κ2) is 13.1. The highest BCUT2D eigenvalue weighted by Crippen LogP contribution is 2.24. The number of carbonyl (C=O) groups is 3. The molecule has 0 spiro atoms. The van der Waals surface area contributed by atoms with Crippen molar-refractivity contribution >= 4 is 27.8 Å². The lowest BCUT2D eigenvalue weighted by Gasteiger charge is -2.42. The highest BCUT2D eigenvalue weighted by Gasteiger charge is 2.41. The second-order valence-corrected chi connectivity index (χ2v) is 14.3. The van der Waals surface area contributed by atoms with Crippen molar-refractivity contribution < 1.29 is 32.6 Å². The van der Waals surface area contributed by atoms with E-state index in [0.29, 0.717) is 0 Å². The topological polar surface area (TPSA) is 130 Å². The van der Waals surface area contributed by atoms with Crippen LogP contribution in [0.15, 0.2) is 72.1 Å². The van der Waals surface area contributed by atoms with E-state index in [1.807, 2.05) is 12.1 Å². The predicted octanol–water partition coefficient (Wildman–Crippen LogP) is 4.37. The summed E-state index contributed by atoms with van der Waals surface area (Å²) >= 11 is 0. The number of aliphatic carboxylic acids is 1. The molecule has 2 amide bonds. The van der Waals surface area contributed by atoms with Gasteiger partial charge in [0.25, 0.3) is 0 Å². The minimum Gasteiger partial charge on any atom is -0.480 e. The fourth-order valence-electron chi connectivity index (χ4n) is 4.14. The largest absolute Gasteiger partial charge is 0.480 e. The van der Waals surface area contributed by atoms with Gasteiger partial charge in [-0.25, -0.2) is 18.0 Å². The quantitative estimate of drug-likeness (QED) is 0.409. The third-order valence-electron chi connectivity index (χ3n) is 6.25. The monoisotopic (exact) mass is 572 g/mol. The molecule has 0 unspecified atom stereocenters. The van der Waals surface area contributed by atoms with Crippen molar-refractivity contribution in [2.24, 2.45) is 0 Å². The van der Waals surface area contributed by atoms with Crippen LogP contribution in [0.2, 0.25) is 0 Å². The van der Waals surface area contributed by atoms with Gasteiger partial charge < -0.3 is 20.1 Å². The van der Waals surface area contributed by atoms with Crippen LogP contribution in [0.25, 0.3) is 0 Å². The molecule has 0 bridgehead atoms. The number of carboxylic acid groups (broad SMARTS) is 1. The number of benzene rings is 2. The van der Waals surface area contributed by atoms with Crippen LogP contribution in [0.1, 0.15) is 52.7 Å². The summed E-state index contributed by atoms with van der Waals surface area (Å²) < 4.78 is 29.2. The van der Waals surface area contributed by atoms with Gasteiger partial charge in [-0.2, -0.15) is 0 Å². The van der Waals surface area contributed by atoms with E-state index in [2.05, 4.69) is 11.9 Å². The number of nitrogens with one attached hydrogen (secondary N) is 1. The minimum absolute atomic E-state index is 0.0558. The molecule has 2 rings (SSSR count). The molecule has 0 saturated heterocycles. The van der Waals surface area contributed by atoms with Crippen LogP contribution >= 0.6 is 0 Å². The molecule has 0 radical (unpaired) electrons. The minimum atomic E-state index is -3.79. The van der Waals surface area contributed by atoms with Crippen molar-refractivity contribution in [2.45, 2.75) is 76.8 Å². The van der Waals surface area contributed by atoms with Crippen molar-refractivity contribution in [2.75, 3.05) is 6.61 Å². The molecule has 2 aromatic rings. The summed E-state index contributed by atoms with van der Waals surface area (Å²) in [4.78, 5) is 40.4. The molecule has 0 fully saturated rings. The summed E-state index contributed by atoms with van der Waals surface area (Å²) in [5.41, 5.74) is 0.539. The zero-order valence-electron chi connectivity index (χ0n) is 24.0. The van der Waals surface area contributed by atoms with Gasteiger partial charge in [0.15, 0.2) is 9.84 Å². The Morgan fingerprint density at radius 3 is 1.80 bits per heavy atom. The van der Waals surface area contributed by atoms with E-state index in [1.54, 1.807) is 69.3 Å². The number of amides is 2. The highest BCUT2D eigenvalue weighted by atomic mass is 32.2. The molecule has 0 aliphatic rings. The maximum Gasteiger partial charge on any atom is 0.408 e. The summed E-state index contributed by atoms with van der Waals surface area (Å²) in [5, 5.41) is 12.7. The normalized spacial score (nSPS) is 13.6. The highest BCUT2D eigenvalue weighted by molar-refractivity contribution is 7.96. The standard InChI is InChI=1S/C30H40N2O7S/c1-21(40(37,38)30(5,6)7)20-39-28(36)31-24(18-22-14-10-8-11-15-22)26(33)32(29(2,3)4)25(27(34)35)19-23-16-12-9-13-17-23/h8-17,24-25H,1,18-20H2,2-7H3,(H,31,36)(H,34,35)/t24-,25-/m0/s1. The smallest absolute Gasteiger partial charge is 0.408 e. The first-order chi connectivity index (χ1) is 18.4. The maximum absolute atomic E-state index is 14.1. The van der Waals surface area contributed by atoms with Crippen molar-refractivity contribution in [3.63, 3.8) is 0 Å². The number of hydrogen-bond donors (Lipinski definition) is 2. The van der Waals surface area contributed by atoms with Crippen LogP contribution in [0.4, 0.5) is 4.79 Å². The van der Waals surface area contributed by atoms with Crippen molar-refractivity contribution in [1.29, 1.82) is 0 Å². The molecule has 0 aliphatic carbocycles. The van der Waals surface area contributed by atoms with Gasteiger partial charge in [-0.05, 0) is 52.7 Å². The first-order valence-electron chi connectivity index (χ1n) is 12.9. The Balaban J connectivity index is 2.38. The van der Waals surface area contributed by atoms with Crippen molar-refractivity contribution in [1.82, 2.24) is 10.2 Å². The number of carbonyl (C=O) groups excluding carboxylic acids is 2.